The molecule has 0 aliphatic heterocycles. The number of rotatable bonds is 6. The topological polar surface area (TPSA) is 55.8 Å². The molecule has 1 aliphatic carbocycles. The van der Waals surface area contributed by atoms with Crippen LogP contribution in [0.5, 0.6) is 5.75 Å². The van der Waals surface area contributed by atoms with Gasteiger partial charge in [-0.3, -0.25) is 4.79 Å². The van der Waals surface area contributed by atoms with E-state index in [2.05, 4.69) is 0 Å². The second-order valence-corrected chi connectivity index (χ2v) is 5.32. The fourth-order valence-corrected chi connectivity index (χ4v) is 2.23. The highest BCUT2D eigenvalue weighted by Crippen LogP contribution is 2.33. The Labute approximate surface area is 120 Å². The van der Waals surface area contributed by atoms with Crippen molar-refractivity contribution in [2.24, 2.45) is 5.92 Å². The number of hydrogen-bond acceptors (Lipinski definition) is 4. The molecular formula is C13H15IO4. The van der Waals surface area contributed by atoms with Crippen LogP contribution in [0.2, 0.25) is 0 Å². The predicted molar refractivity (Wildman–Crippen MR) is 74.7 cm³/mol. The third-order valence-corrected chi connectivity index (χ3v) is 3.06. The zero-order chi connectivity index (χ0) is 13.2. The lowest BCUT2D eigenvalue weighted by molar-refractivity contribution is -0.138. The lowest BCUT2D eigenvalue weighted by atomic mass is 10.1. The molecule has 1 unspecified atom stereocenters. The van der Waals surface area contributed by atoms with Gasteiger partial charge in [-0.2, -0.15) is 0 Å². The zero-order valence-corrected chi connectivity index (χ0v) is 12.2. The molecule has 1 N–H and O–H groups in total. The van der Waals surface area contributed by atoms with E-state index in [0.29, 0.717) is 11.3 Å². The Kier molecular flexibility index (Phi) is 4.24. The number of benzene rings is 1. The molecule has 0 bridgehead atoms. The van der Waals surface area contributed by atoms with Crippen LogP contribution in [0.4, 0.5) is 0 Å². The van der Waals surface area contributed by atoms with Gasteiger partial charge in [0.2, 0.25) is 5.79 Å². The van der Waals surface area contributed by atoms with Crippen LogP contribution in [0, 0.1) is 5.92 Å². The molecule has 0 radical (unpaired) electrons. The molecule has 0 amide bonds. The van der Waals surface area contributed by atoms with Crippen molar-refractivity contribution in [2.45, 2.75) is 25.6 Å². The van der Waals surface area contributed by atoms with Gasteiger partial charge in [-0.15, -0.1) is 0 Å². The maximum absolute atomic E-state index is 11.8. The van der Waals surface area contributed by atoms with Crippen molar-refractivity contribution >= 4 is 28.8 Å². The highest BCUT2D eigenvalue weighted by Gasteiger charge is 2.30. The van der Waals surface area contributed by atoms with E-state index in [1.165, 1.54) is 6.92 Å². The minimum absolute atomic E-state index is 0.0658. The third kappa shape index (κ3) is 3.66. The molecule has 1 aromatic carbocycles. The summed E-state index contributed by atoms with van der Waals surface area (Å²) in [5, 5.41) is 9.83. The van der Waals surface area contributed by atoms with Gasteiger partial charge < -0.3 is 12.9 Å². The molecule has 4 nitrogen and oxygen atoms in total. The standard InChI is InChI=1S/C13H15IO4/c1-13(16,8-17-14)18-11-6-4-10(5-7-11)12(15)9-2-3-9/h4-7,9,16H,2-3,8H2,1H3. The van der Waals surface area contributed by atoms with Crippen molar-refractivity contribution in [1.82, 2.24) is 0 Å². The van der Waals surface area contributed by atoms with E-state index in [-0.39, 0.29) is 18.3 Å². The van der Waals surface area contributed by atoms with E-state index < -0.39 is 5.79 Å². The van der Waals surface area contributed by atoms with Gasteiger partial charge in [0, 0.05) is 18.4 Å². The van der Waals surface area contributed by atoms with Gasteiger partial charge in [-0.05, 0) is 37.1 Å². The second-order valence-electron chi connectivity index (χ2n) is 4.69. The first-order chi connectivity index (χ1) is 8.52. The Hall–Kier alpha value is -0.660. The van der Waals surface area contributed by atoms with Crippen LogP contribution in [-0.4, -0.2) is 23.3 Å². The molecule has 0 spiro atoms. The number of ketones is 1. The van der Waals surface area contributed by atoms with Crippen LogP contribution in [0.15, 0.2) is 24.3 Å². The molecule has 1 saturated carbocycles. The van der Waals surface area contributed by atoms with Crippen LogP contribution in [0.3, 0.4) is 0 Å². The lowest BCUT2D eigenvalue weighted by Crippen LogP contribution is -2.36. The summed E-state index contributed by atoms with van der Waals surface area (Å²) >= 11 is 1.70. The lowest BCUT2D eigenvalue weighted by Gasteiger charge is -2.23. The van der Waals surface area contributed by atoms with Crippen LogP contribution < -0.4 is 4.74 Å². The molecule has 1 atom stereocenters. The molecule has 0 heterocycles. The van der Waals surface area contributed by atoms with Crippen molar-refractivity contribution in [3.05, 3.63) is 29.8 Å². The molecule has 1 fully saturated rings. The molecule has 98 valence electrons. The summed E-state index contributed by atoms with van der Waals surface area (Å²) in [6, 6.07) is 6.85. The molecule has 1 aliphatic rings. The van der Waals surface area contributed by atoms with Crippen molar-refractivity contribution < 1.29 is 17.7 Å². The molecular weight excluding hydrogens is 347 g/mol. The fourth-order valence-electron chi connectivity index (χ4n) is 1.65. The predicted octanol–water partition coefficient (Wildman–Crippen LogP) is 2.73. The van der Waals surface area contributed by atoms with Crippen molar-refractivity contribution in [3.63, 3.8) is 0 Å². The van der Waals surface area contributed by atoms with Gasteiger partial charge in [-0.1, -0.05) is 0 Å². The Balaban J connectivity index is 2.01. The van der Waals surface area contributed by atoms with Gasteiger partial charge in [0.05, 0.1) is 0 Å². The van der Waals surface area contributed by atoms with E-state index in [0.717, 1.165) is 12.8 Å². The fraction of sp³-hybridized carbons (Fsp3) is 0.462. The first kappa shape index (κ1) is 13.8. The molecule has 18 heavy (non-hydrogen) atoms. The normalized spacial score (nSPS) is 18.2. The summed E-state index contributed by atoms with van der Waals surface area (Å²) in [4.78, 5) is 11.8. The maximum atomic E-state index is 11.8. The minimum atomic E-state index is -1.37. The summed E-state index contributed by atoms with van der Waals surface area (Å²) in [5.41, 5.74) is 0.703. The minimum Gasteiger partial charge on any atom is -0.460 e. The quantitative estimate of drug-likeness (QED) is 0.480. The van der Waals surface area contributed by atoms with Gasteiger partial charge in [0.15, 0.2) is 5.78 Å². The smallest absolute Gasteiger partial charge is 0.229 e. The number of hydrogen-bond donors (Lipinski definition) is 1. The van der Waals surface area contributed by atoms with Gasteiger partial charge >= 0.3 is 0 Å². The number of carbonyl (C=O) groups is 1. The number of halogens is 1. The van der Waals surface area contributed by atoms with Crippen LogP contribution in [0.25, 0.3) is 0 Å². The summed E-state index contributed by atoms with van der Waals surface area (Å²) in [6.45, 7) is 1.59. The molecule has 5 heteroatoms. The summed E-state index contributed by atoms with van der Waals surface area (Å²) in [7, 11) is 0. The van der Waals surface area contributed by atoms with Crippen LogP contribution in [0.1, 0.15) is 30.1 Å². The number of ether oxygens (including phenoxy) is 1. The highest BCUT2D eigenvalue weighted by atomic mass is 127. The average molecular weight is 362 g/mol. The zero-order valence-electron chi connectivity index (χ0n) is 10.1. The Bertz CT molecular complexity index is 423. The van der Waals surface area contributed by atoms with E-state index in [1.54, 1.807) is 47.3 Å². The van der Waals surface area contributed by atoms with Gasteiger partial charge in [-0.25, -0.2) is 0 Å². The van der Waals surface area contributed by atoms with Crippen LogP contribution >= 0.6 is 23.0 Å². The largest absolute Gasteiger partial charge is 0.460 e. The van der Waals surface area contributed by atoms with Gasteiger partial charge in [0.1, 0.15) is 35.4 Å². The SMILES string of the molecule is CC(O)(COI)Oc1ccc(C(=O)C2CC2)cc1. The van der Waals surface area contributed by atoms with Crippen molar-refractivity contribution in [3.8, 4) is 5.75 Å². The molecule has 2 rings (SSSR count). The highest BCUT2D eigenvalue weighted by molar-refractivity contribution is 14.1. The first-order valence-corrected chi connectivity index (χ1v) is 6.69. The molecule has 1 aromatic rings. The number of carbonyl (C=O) groups excluding carboxylic acids is 1. The van der Waals surface area contributed by atoms with E-state index in [4.69, 9.17) is 7.80 Å². The summed E-state index contributed by atoms with van der Waals surface area (Å²) < 4.78 is 10.2. The Morgan fingerprint density at radius 3 is 2.56 bits per heavy atom. The average Bonchev–Trinajstić information content (AvgIpc) is 3.12. The first-order valence-electron chi connectivity index (χ1n) is 5.81. The Morgan fingerprint density at radius 2 is 2.06 bits per heavy atom. The van der Waals surface area contributed by atoms with Crippen molar-refractivity contribution in [2.75, 3.05) is 6.61 Å². The van der Waals surface area contributed by atoms with E-state index in [1.807, 2.05) is 0 Å². The number of aliphatic hydroxyl groups is 1. The van der Waals surface area contributed by atoms with E-state index in [9.17, 15) is 9.90 Å². The third-order valence-electron chi connectivity index (χ3n) is 2.75. The second kappa shape index (κ2) is 5.54. The summed E-state index contributed by atoms with van der Waals surface area (Å²) in [6.07, 6.45) is 2.00. The van der Waals surface area contributed by atoms with Gasteiger partial charge in [0.25, 0.3) is 0 Å². The summed E-state index contributed by atoms with van der Waals surface area (Å²) in [5.74, 6) is -0.444. The van der Waals surface area contributed by atoms with Crippen molar-refractivity contribution in [1.29, 1.82) is 0 Å². The number of Topliss-reactive ketones (excluding diaryl/α,β-unsaturated/α-hetero) is 1. The monoisotopic (exact) mass is 362 g/mol. The maximum Gasteiger partial charge on any atom is 0.229 e. The molecule has 0 aromatic heterocycles. The van der Waals surface area contributed by atoms with E-state index >= 15 is 0 Å². The molecule has 0 saturated heterocycles. The Morgan fingerprint density at radius 1 is 1.44 bits per heavy atom. The van der Waals surface area contributed by atoms with Crippen LogP contribution in [-0.2, 0) is 3.07 Å².